The summed E-state index contributed by atoms with van der Waals surface area (Å²) in [6.07, 6.45) is 0. The van der Waals surface area contributed by atoms with Gasteiger partial charge in [0.1, 0.15) is 11.8 Å². The van der Waals surface area contributed by atoms with Gasteiger partial charge in [0.25, 0.3) is 5.88 Å². The van der Waals surface area contributed by atoms with E-state index in [1.807, 2.05) is 26.0 Å². The van der Waals surface area contributed by atoms with Crippen molar-refractivity contribution in [2.75, 3.05) is 36.6 Å². The normalized spacial score (nSPS) is 18.5. The predicted molar refractivity (Wildman–Crippen MR) is 120 cm³/mol. The first kappa shape index (κ1) is 20.7. The molecule has 0 radical (unpaired) electrons. The lowest BCUT2D eigenvalue weighted by atomic mass is 10.0. The Morgan fingerprint density at radius 3 is 2.94 bits per heavy atom. The summed E-state index contributed by atoms with van der Waals surface area (Å²) in [5, 5.41) is 12.9. The van der Waals surface area contributed by atoms with Gasteiger partial charge in [-0.25, -0.2) is 19.7 Å². The van der Waals surface area contributed by atoms with Gasteiger partial charge < -0.3 is 24.8 Å². The van der Waals surface area contributed by atoms with Gasteiger partial charge in [-0.05, 0) is 37.6 Å². The van der Waals surface area contributed by atoms with E-state index in [2.05, 4.69) is 15.2 Å². The molecule has 166 valence electrons. The van der Waals surface area contributed by atoms with Crippen molar-refractivity contribution in [3.8, 4) is 5.88 Å². The zero-order chi connectivity index (χ0) is 22.4. The Bertz CT molecular complexity index is 1220. The van der Waals surface area contributed by atoms with Crippen molar-refractivity contribution in [2.45, 2.75) is 25.9 Å². The van der Waals surface area contributed by atoms with Crippen LogP contribution in [0.25, 0.3) is 11.0 Å². The molecule has 0 spiro atoms. The number of anilines is 2. The molecule has 1 fully saturated rings. The second-order valence-electron chi connectivity index (χ2n) is 8.01. The Morgan fingerprint density at radius 2 is 2.12 bits per heavy atom. The number of fused-ring (bicyclic) bond motifs is 4. The Kier molecular flexibility index (Phi) is 5.22. The molecule has 5 rings (SSSR count). The number of hydrogen-bond acceptors (Lipinski definition) is 8. The van der Waals surface area contributed by atoms with Gasteiger partial charge in [-0.1, -0.05) is 17.7 Å². The number of carbonyl (C=O) groups is 1. The van der Waals surface area contributed by atoms with Crippen LogP contribution in [0.15, 0.2) is 24.3 Å². The second-order valence-corrected chi connectivity index (χ2v) is 8.40. The first-order valence-electron chi connectivity index (χ1n) is 10.4. The van der Waals surface area contributed by atoms with Gasteiger partial charge >= 0.3 is 5.97 Å². The summed E-state index contributed by atoms with van der Waals surface area (Å²) in [6.45, 7) is 6.45. The Balaban J connectivity index is 1.55. The first-order chi connectivity index (χ1) is 15.4. The van der Waals surface area contributed by atoms with E-state index in [1.54, 1.807) is 12.1 Å². The van der Waals surface area contributed by atoms with Crippen molar-refractivity contribution < 1.29 is 19.4 Å². The number of ether oxygens (including phenoxy) is 2. The van der Waals surface area contributed by atoms with E-state index < -0.39 is 5.97 Å². The minimum atomic E-state index is -1.15. The molecule has 2 N–H and O–H groups in total. The number of pyridine rings is 1. The monoisotopic (exact) mass is 455 g/mol. The summed E-state index contributed by atoms with van der Waals surface area (Å²) in [6, 6.07) is 7.05. The van der Waals surface area contributed by atoms with Crippen LogP contribution in [-0.2, 0) is 4.74 Å². The van der Waals surface area contributed by atoms with Crippen LogP contribution in [0.3, 0.4) is 0 Å². The van der Waals surface area contributed by atoms with Crippen LogP contribution in [0.2, 0.25) is 5.15 Å². The molecule has 1 saturated heterocycles. The fraction of sp³-hybridized carbons (Fsp3) is 0.364. The molecule has 0 saturated carbocycles. The molecular formula is C22H22ClN5O4. The van der Waals surface area contributed by atoms with E-state index in [0.717, 1.165) is 29.0 Å². The van der Waals surface area contributed by atoms with E-state index in [4.69, 9.17) is 31.0 Å². The molecule has 3 aromatic rings. The maximum atomic E-state index is 11.6. The molecule has 10 heteroatoms. The van der Waals surface area contributed by atoms with Gasteiger partial charge in [0, 0.05) is 12.1 Å². The molecule has 2 aliphatic rings. The SMILES string of the molecule is Cc1cc([C@@H](C)Nc2ccc(Cl)nc2C(=O)O)c2nc3c(nc2c1)N1CCOC[C@H]1CO3. The Hall–Kier alpha value is -3.17. The molecule has 0 amide bonds. The van der Waals surface area contributed by atoms with E-state index >= 15 is 0 Å². The number of nitrogens with one attached hydrogen (secondary N) is 1. The van der Waals surface area contributed by atoms with Crippen LogP contribution in [0.1, 0.15) is 34.6 Å². The number of hydrogen-bond donors (Lipinski definition) is 2. The highest BCUT2D eigenvalue weighted by atomic mass is 35.5. The zero-order valence-electron chi connectivity index (χ0n) is 17.6. The maximum Gasteiger partial charge on any atom is 0.356 e. The van der Waals surface area contributed by atoms with E-state index in [1.165, 1.54) is 0 Å². The summed E-state index contributed by atoms with van der Waals surface area (Å²) in [4.78, 5) is 27.5. The maximum absolute atomic E-state index is 11.6. The van der Waals surface area contributed by atoms with Gasteiger partial charge in [0.2, 0.25) is 0 Å². The number of carboxylic acids is 1. The van der Waals surface area contributed by atoms with E-state index in [0.29, 0.717) is 36.9 Å². The molecule has 0 bridgehead atoms. The lowest BCUT2D eigenvalue weighted by molar-refractivity contribution is 0.0684. The Labute approximate surface area is 189 Å². The topological polar surface area (TPSA) is 110 Å². The Morgan fingerprint density at radius 1 is 1.28 bits per heavy atom. The fourth-order valence-corrected chi connectivity index (χ4v) is 4.34. The highest BCUT2D eigenvalue weighted by Crippen LogP contribution is 2.36. The molecule has 2 aromatic heterocycles. The second kappa shape index (κ2) is 8.07. The summed E-state index contributed by atoms with van der Waals surface area (Å²) in [5.41, 5.74) is 3.62. The van der Waals surface area contributed by atoms with Crippen LogP contribution in [0.4, 0.5) is 11.5 Å². The zero-order valence-corrected chi connectivity index (χ0v) is 18.4. The molecule has 0 aliphatic carbocycles. The number of carboxylic acid groups (broad SMARTS) is 1. The minimum Gasteiger partial charge on any atom is -0.476 e. The number of aromatic carboxylic acids is 1. The van der Waals surface area contributed by atoms with Crippen molar-refractivity contribution >= 4 is 40.1 Å². The molecule has 32 heavy (non-hydrogen) atoms. The fourth-order valence-electron chi connectivity index (χ4n) is 4.19. The van der Waals surface area contributed by atoms with Crippen LogP contribution >= 0.6 is 11.6 Å². The van der Waals surface area contributed by atoms with Crippen LogP contribution in [0, 0.1) is 6.92 Å². The summed E-state index contributed by atoms with van der Waals surface area (Å²) in [5.74, 6) is 0.0928. The van der Waals surface area contributed by atoms with Crippen molar-refractivity contribution in [1.29, 1.82) is 0 Å². The smallest absolute Gasteiger partial charge is 0.356 e. The molecule has 0 unspecified atom stereocenters. The third kappa shape index (κ3) is 3.67. The number of nitrogens with zero attached hydrogens (tertiary/aromatic N) is 4. The standard InChI is InChI=1S/C22H22ClN5O4/c1-11-7-14(12(2)24-15-3-4-17(23)26-19(15)22(29)30)18-16(8-11)25-20-21(27-18)32-10-13-9-31-6-5-28(13)20/h3-4,7-8,12-13,24H,5-6,9-10H2,1-2H3,(H,29,30)/t12-,13+/m1/s1. The molecule has 4 heterocycles. The van der Waals surface area contributed by atoms with Crippen LogP contribution in [0.5, 0.6) is 5.88 Å². The molecule has 2 atom stereocenters. The summed E-state index contributed by atoms with van der Waals surface area (Å²) >= 11 is 5.88. The van der Waals surface area contributed by atoms with Crippen molar-refractivity contribution in [3.05, 3.63) is 46.2 Å². The van der Waals surface area contributed by atoms with E-state index in [-0.39, 0.29) is 22.9 Å². The third-order valence-electron chi connectivity index (χ3n) is 5.71. The highest BCUT2D eigenvalue weighted by Gasteiger charge is 2.33. The van der Waals surface area contributed by atoms with Crippen molar-refractivity contribution in [3.63, 3.8) is 0 Å². The molecule has 9 nitrogen and oxygen atoms in total. The average molecular weight is 456 g/mol. The van der Waals surface area contributed by atoms with Crippen molar-refractivity contribution in [2.24, 2.45) is 0 Å². The molecule has 1 aromatic carbocycles. The number of aryl methyl sites for hydroxylation is 1. The summed E-state index contributed by atoms with van der Waals surface area (Å²) in [7, 11) is 0. The number of halogens is 1. The predicted octanol–water partition coefficient (Wildman–Crippen LogP) is 3.46. The van der Waals surface area contributed by atoms with Gasteiger partial charge in [-0.3, -0.25) is 0 Å². The van der Waals surface area contributed by atoms with E-state index in [9.17, 15) is 9.90 Å². The van der Waals surface area contributed by atoms with Gasteiger partial charge in [-0.2, -0.15) is 0 Å². The molecular weight excluding hydrogens is 434 g/mol. The van der Waals surface area contributed by atoms with Crippen LogP contribution in [-0.4, -0.2) is 58.4 Å². The minimum absolute atomic E-state index is 0.123. The largest absolute Gasteiger partial charge is 0.476 e. The average Bonchev–Trinajstić information content (AvgIpc) is 2.78. The third-order valence-corrected chi connectivity index (χ3v) is 5.92. The van der Waals surface area contributed by atoms with Gasteiger partial charge in [0.05, 0.1) is 42.0 Å². The molecule has 2 aliphatic heterocycles. The number of benzene rings is 1. The number of morpholine rings is 1. The first-order valence-corrected chi connectivity index (χ1v) is 10.7. The van der Waals surface area contributed by atoms with Gasteiger partial charge in [-0.15, -0.1) is 0 Å². The summed E-state index contributed by atoms with van der Waals surface area (Å²) < 4.78 is 11.5. The lowest BCUT2D eigenvalue weighted by Gasteiger charge is -2.39. The quantitative estimate of drug-likeness (QED) is 0.571. The number of aromatic nitrogens is 3. The lowest BCUT2D eigenvalue weighted by Crippen LogP contribution is -2.51. The highest BCUT2D eigenvalue weighted by molar-refractivity contribution is 6.29. The number of rotatable bonds is 4. The van der Waals surface area contributed by atoms with Crippen molar-refractivity contribution in [1.82, 2.24) is 15.0 Å². The van der Waals surface area contributed by atoms with Crippen LogP contribution < -0.4 is 15.0 Å². The van der Waals surface area contributed by atoms with Gasteiger partial charge in [0.15, 0.2) is 11.5 Å².